The van der Waals surface area contributed by atoms with Crippen molar-refractivity contribution in [3.05, 3.63) is 0 Å². The van der Waals surface area contributed by atoms with E-state index in [4.69, 9.17) is 0 Å². The van der Waals surface area contributed by atoms with E-state index in [1.165, 1.54) is 4.31 Å². The quantitative estimate of drug-likeness (QED) is 0.776. The van der Waals surface area contributed by atoms with E-state index in [1.807, 2.05) is 0 Å². The lowest BCUT2D eigenvalue weighted by Gasteiger charge is -2.35. The zero-order valence-electron chi connectivity index (χ0n) is 12.2. The smallest absolute Gasteiger partial charge is 0.329 e. The van der Waals surface area contributed by atoms with Gasteiger partial charge in [-0.25, -0.2) is 13.2 Å². The molecule has 1 heterocycles. The number of rotatable bonds is 4. The minimum absolute atomic E-state index is 0.316. The molecule has 1 aliphatic carbocycles. The highest BCUT2D eigenvalue weighted by atomic mass is 32.2. The first kappa shape index (κ1) is 16.2. The standard InChI is InChI=1S/C13H22N2O5S/c1-21(19,20)15-9-5-2-6-10(15)11(16)14-13(12(17)18)7-3-4-8-13/h10H,2-9H2,1H3,(H,14,16)(H,17,18). The Hall–Kier alpha value is -1.15. The van der Waals surface area contributed by atoms with E-state index in [0.717, 1.165) is 31.9 Å². The first-order chi connectivity index (χ1) is 9.76. The van der Waals surface area contributed by atoms with Crippen LogP contribution >= 0.6 is 0 Å². The predicted octanol–water partition coefficient (Wildman–Crippen LogP) is 0.314. The van der Waals surface area contributed by atoms with E-state index in [0.29, 0.717) is 25.8 Å². The van der Waals surface area contributed by atoms with Crippen LogP contribution in [0, 0.1) is 0 Å². The topological polar surface area (TPSA) is 104 Å². The number of carboxylic acids is 1. The largest absolute Gasteiger partial charge is 0.480 e. The molecule has 1 unspecified atom stereocenters. The number of hydrogen-bond acceptors (Lipinski definition) is 4. The van der Waals surface area contributed by atoms with Crippen molar-refractivity contribution >= 4 is 21.9 Å². The van der Waals surface area contributed by atoms with Crippen molar-refractivity contribution in [2.24, 2.45) is 0 Å². The van der Waals surface area contributed by atoms with Crippen LogP contribution < -0.4 is 5.32 Å². The molecule has 0 aromatic heterocycles. The molecule has 0 bridgehead atoms. The van der Waals surface area contributed by atoms with Crippen LogP contribution in [0.3, 0.4) is 0 Å². The molecule has 0 aromatic rings. The number of aliphatic carboxylic acids is 1. The Bertz CT molecular complexity index is 525. The summed E-state index contributed by atoms with van der Waals surface area (Å²) < 4.78 is 24.8. The van der Waals surface area contributed by atoms with Crippen LogP contribution in [0.5, 0.6) is 0 Å². The molecule has 1 amide bonds. The third kappa shape index (κ3) is 3.37. The zero-order chi connectivity index (χ0) is 15.7. The number of hydrogen-bond donors (Lipinski definition) is 2. The third-order valence-corrected chi connectivity index (χ3v) is 5.70. The Morgan fingerprint density at radius 2 is 1.81 bits per heavy atom. The molecule has 2 N–H and O–H groups in total. The Balaban J connectivity index is 2.16. The van der Waals surface area contributed by atoms with Crippen LogP contribution in [0.2, 0.25) is 0 Å². The molecule has 2 fully saturated rings. The molecule has 2 aliphatic rings. The lowest BCUT2D eigenvalue weighted by molar-refractivity contribution is -0.148. The average Bonchev–Trinajstić information content (AvgIpc) is 2.87. The molecular formula is C13H22N2O5S. The second-order valence-corrected chi connectivity index (χ2v) is 7.90. The van der Waals surface area contributed by atoms with E-state index in [2.05, 4.69) is 5.32 Å². The maximum absolute atomic E-state index is 12.4. The Labute approximate surface area is 124 Å². The van der Waals surface area contributed by atoms with Crippen LogP contribution in [-0.4, -0.2) is 54.1 Å². The molecular weight excluding hydrogens is 296 g/mol. The minimum atomic E-state index is -3.47. The number of piperidine rings is 1. The molecule has 1 aliphatic heterocycles. The SMILES string of the molecule is CS(=O)(=O)N1CCCCC1C(=O)NC1(C(=O)O)CCCC1. The number of sulfonamides is 1. The summed E-state index contributed by atoms with van der Waals surface area (Å²) in [4.78, 5) is 23.9. The van der Waals surface area contributed by atoms with Crippen molar-refractivity contribution in [3.63, 3.8) is 0 Å². The number of amides is 1. The van der Waals surface area contributed by atoms with Crippen molar-refractivity contribution in [1.82, 2.24) is 9.62 Å². The highest BCUT2D eigenvalue weighted by Crippen LogP contribution is 2.31. The number of nitrogens with one attached hydrogen (secondary N) is 1. The van der Waals surface area contributed by atoms with Gasteiger partial charge in [0.1, 0.15) is 11.6 Å². The molecule has 0 aromatic carbocycles. The Morgan fingerprint density at radius 3 is 2.33 bits per heavy atom. The second-order valence-electron chi connectivity index (χ2n) is 5.97. The van der Waals surface area contributed by atoms with Gasteiger partial charge in [0, 0.05) is 6.54 Å². The summed E-state index contributed by atoms with van der Waals surface area (Å²) in [5.74, 6) is -1.51. The number of nitrogens with zero attached hydrogens (tertiary/aromatic N) is 1. The van der Waals surface area contributed by atoms with Crippen LogP contribution in [-0.2, 0) is 19.6 Å². The number of carbonyl (C=O) groups is 2. The second kappa shape index (κ2) is 5.92. The Morgan fingerprint density at radius 1 is 1.19 bits per heavy atom. The van der Waals surface area contributed by atoms with Gasteiger partial charge >= 0.3 is 5.97 Å². The molecule has 8 heteroatoms. The lowest BCUT2D eigenvalue weighted by Crippen LogP contribution is -2.59. The molecule has 1 atom stereocenters. The monoisotopic (exact) mass is 318 g/mol. The fourth-order valence-electron chi connectivity index (χ4n) is 3.25. The lowest BCUT2D eigenvalue weighted by atomic mass is 9.96. The highest BCUT2D eigenvalue weighted by molar-refractivity contribution is 7.88. The highest BCUT2D eigenvalue weighted by Gasteiger charge is 2.45. The van der Waals surface area contributed by atoms with E-state index >= 15 is 0 Å². The molecule has 7 nitrogen and oxygen atoms in total. The summed E-state index contributed by atoms with van der Waals surface area (Å²) in [6.07, 6.45) is 5.33. The molecule has 21 heavy (non-hydrogen) atoms. The molecule has 2 rings (SSSR count). The van der Waals surface area contributed by atoms with E-state index in [-0.39, 0.29) is 0 Å². The maximum Gasteiger partial charge on any atom is 0.329 e. The molecule has 1 saturated carbocycles. The molecule has 120 valence electrons. The summed E-state index contributed by atoms with van der Waals surface area (Å²) in [6, 6.07) is -0.787. The van der Waals surface area contributed by atoms with Crippen molar-refractivity contribution in [3.8, 4) is 0 Å². The van der Waals surface area contributed by atoms with Gasteiger partial charge in [0.2, 0.25) is 15.9 Å². The van der Waals surface area contributed by atoms with Gasteiger partial charge in [-0.05, 0) is 25.7 Å². The van der Waals surface area contributed by atoms with Crippen LogP contribution in [0.15, 0.2) is 0 Å². The van der Waals surface area contributed by atoms with E-state index in [1.54, 1.807) is 0 Å². The van der Waals surface area contributed by atoms with Gasteiger partial charge in [0.05, 0.1) is 6.26 Å². The van der Waals surface area contributed by atoms with Crippen LogP contribution in [0.1, 0.15) is 44.9 Å². The number of carboxylic acid groups (broad SMARTS) is 1. The van der Waals surface area contributed by atoms with Gasteiger partial charge < -0.3 is 10.4 Å². The summed E-state index contributed by atoms with van der Waals surface area (Å²) in [5.41, 5.74) is -1.22. The summed E-state index contributed by atoms with van der Waals surface area (Å²) >= 11 is 0. The first-order valence-electron chi connectivity index (χ1n) is 7.28. The minimum Gasteiger partial charge on any atom is -0.480 e. The van der Waals surface area contributed by atoms with Crippen molar-refractivity contribution < 1.29 is 23.1 Å². The number of carbonyl (C=O) groups excluding carboxylic acids is 1. The summed E-state index contributed by atoms with van der Waals surface area (Å²) in [5, 5.41) is 12.0. The zero-order valence-corrected chi connectivity index (χ0v) is 13.0. The summed E-state index contributed by atoms with van der Waals surface area (Å²) in [7, 11) is -3.47. The predicted molar refractivity (Wildman–Crippen MR) is 76.2 cm³/mol. The maximum atomic E-state index is 12.4. The van der Waals surface area contributed by atoms with E-state index in [9.17, 15) is 23.1 Å². The summed E-state index contributed by atoms with van der Waals surface area (Å²) in [6.45, 7) is 0.316. The molecule has 1 saturated heterocycles. The van der Waals surface area contributed by atoms with Crippen molar-refractivity contribution in [2.45, 2.75) is 56.5 Å². The van der Waals surface area contributed by atoms with Gasteiger partial charge in [-0.15, -0.1) is 0 Å². The van der Waals surface area contributed by atoms with Gasteiger partial charge in [-0.2, -0.15) is 4.31 Å². The van der Waals surface area contributed by atoms with Gasteiger partial charge in [0.15, 0.2) is 0 Å². The third-order valence-electron chi connectivity index (χ3n) is 4.41. The molecule has 0 spiro atoms. The van der Waals surface area contributed by atoms with Crippen LogP contribution in [0.25, 0.3) is 0 Å². The van der Waals surface area contributed by atoms with Crippen LogP contribution in [0.4, 0.5) is 0 Å². The molecule has 0 radical (unpaired) electrons. The van der Waals surface area contributed by atoms with E-state index < -0.39 is 33.5 Å². The first-order valence-corrected chi connectivity index (χ1v) is 9.13. The normalized spacial score (nSPS) is 26.4. The van der Waals surface area contributed by atoms with Gasteiger partial charge in [0.25, 0.3) is 0 Å². The van der Waals surface area contributed by atoms with Crippen molar-refractivity contribution in [2.75, 3.05) is 12.8 Å². The Kier molecular flexibility index (Phi) is 4.57. The fourth-order valence-corrected chi connectivity index (χ4v) is 4.38. The van der Waals surface area contributed by atoms with Crippen molar-refractivity contribution in [1.29, 1.82) is 0 Å². The fraction of sp³-hybridized carbons (Fsp3) is 0.846. The van der Waals surface area contributed by atoms with Gasteiger partial charge in [-0.1, -0.05) is 19.3 Å². The average molecular weight is 318 g/mol. The van der Waals surface area contributed by atoms with Gasteiger partial charge in [-0.3, -0.25) is 4.79 Å².